The van der Waals surface area contributed by atoms with E-state index < -0.39 is 11.9 Å². The third-order valence-corrected chi connectivity index (χ3v) is 4.76. The number of carboxylic acid groups (broad SMARTS) is 1. The number of aliphatic carboxylic acids is 1. The number of rotatable bonds is 8. The molecular weight excluding hydrogens is 358 g/mol. The monoisotopic (exact) mass is 383 g/mol. The molecule has 2 aromatic rings. The summed E-state index contributed by atoms with van der Waals surface area (Å²) < 4.78 is 5.85. The molecule has 1 aromatic carbocycles. The van der Waals surface area contributed by atoms with Crippen LogP contribution in [-0.2, 0) is 16.0 Å². The van der Waals surface area contributed by atoms with Gasteiger partial charge in [0.05, 0.1) is 25.0 Å². The molecule has 0 radical (unpaired) electrons. The molecule has 7 heteroatoms. The summed E-state index contributed by atoms with van der Waals surface area (Å²) in [5.74, 6) is -0.141. The van der Waals surface area contributed by atoms with Crippen LogP contribution < -0.4 is 15.4 Å². The van der Waals surface area contributed by atoms with E-state index in [4.69, 9.17) is 9.84 Å². The van der Waals surface area contributed by atoms with Crippen LogP contribution in [0.3, 0.4) is 0 Å². The van der Waals surface area contributed by atoms with Crippen LogP contribution in [0.2, 0.25) is 0 Å². The SMILES string of the molecule is CC1NC(=O)C(CC(=O)O)Cc2ccc(OCCCNc3ccccn3)cc21. The molecule has 2 unspecified atom stereocenters. The maximum Gasteiger partial charge on any atom is 0.304 e. The molecule has 148 valence electrons. The quantitative estimate of drug-likeness (QED) is 0.606. The van der Waals surface area contributed by atoms with Gasteiger partial charge in [-0.25, -0.2) is 4.98 Å². The zero-order valence-corrected chi connectivity index (χ0v) is 15.9. The molecule has 0 saturated carbocycles. The molecule has 1 aliphatic rings. The Kier molecular flexibility index (Phi) is 6.47. The van der Waals surface area contributed by atoms with Crippen LogP contribution in [0.15, 0.2) is 42.6 Å². The van der Waals surface area contributed by atoms with E-state index in [0.717, 1.165) is 35.7 Å². The fourth-order valence-electron chi connectivity index (χ4n) is 3.34. The highest BCUT2D eigenvalue weighted by Gasteiger charge is 2.29. The molecule has 0 saturated heterocycles. The van der Waals surface area contributed by atoms with Crippen molar-refractivity contribution in [1.82, 2.24) is 10.3 Å². The Balaban J connectivity index is 1.56. The average Bonchev–Trinajstić information content (AvgIpc) is 2.78. The molecule has 1 aromatic heterocycles. The number of amides is 1. The lowest BCUT2D eigenvalue weighted by Crippen LogP contribution is -2.32. The van der Waals surface area contributed by atoms with E-state index in [2.05, 4.69) is 15.6 Å². The predicted octanol–water partition coefficient (Wildman–Crippen LogP) is 2.79. The lowest BCUT2D eigenvalue weighted by Gasteiger charge is -2.15. The fourth-order valence-corrected chi connectivity index (χ4v) is 3.34. The van der Waals surface area contributed by atoms with Crippen LogP contribution in [0.25, 0.3) is 0 Å². The number of hydrogen-bond acceptors (Lipinski definition) is 5. The number of carboxylic acids is 1. The molecule has 1 amide bonds. The van der Waals surface area contributed by atoms with Crippen molar-refractivity contribution in [1.29, 1.82) is 0 Å². The number of nitrogens with zero attached hydrogens (tertiary/aromatic N) is 1. The summed E-state index contributed by atoms with van der Waals surface area (Å²) in [5, 5.41) is 15.2. The topological polar surface area (TPSA) is 101 Å². The third-order valence-electron chi connectivity index (χ3n) is 4.76. The number of anilines is 1. The van der Waals surface area contributed by atoms with Crippen molar-refractivity contribution in [2.75, 3.05) is 18.5 Å². The van der Waals surface area contributed by atoms with Gasteiger partial charge in [0.2, 0.25) is 5.91 Å². The zero-order chi connectivity index (χ0) is 19.9. The first-order chi connectivity index (χ1) is 13.5. The van der Waals surface area contributed by atoms with Gasteiger partial charge in [-0.3, -0.25) is 9.59 Å². The van der Waals surface area contributed by atoms with Gasteiger partial charge in [0.25, 0.3) is 0 Å². The van der Waals surface area contributed by atoms with E-state index in [1.54, 1.807) is 6.20 Å². The second kappa shape index (κ2) is 9.21. The van der Waals surface area contributed by atoms with Crippen molar-refractivity contribution in [3.05, 3.63) is 53.7 Å². The van der Waals surface area contributed by atoms with Crippen LogP contribution in [0.5, 0.6) is 5.75 Å². The second-order valence-corrected chi connectivity index (χ2v) is 6.93. The number of pyridine rings is 1. The van der Waals surface area contributed by atoms with Crippen LogP contribution >= 0.6 is 0 Å². The molecule has 0 aliphatic carbocycles. The highest BCUT2D eigenvalue weighted by molar-refractivity contribution is 5.84. The molecular formula is C21H25N3O4. The highest BCUT2D eigenvalue weighted by Crippen LogP contribution is 2.29. The Hall–Kier alpha value is -3.09. The molecule has 2 heterocycles. The fraction of sp³-hybridized carbons (Fsp3) is 0.381. The number of benzene rings is 1. The number of fused-ring (bicyclic) bond motifs is 1. The summed E-state index contributed by atoms with van der Waals surface area (Å²) in [6.07, 6.45) is 2.82. The smallest absolute Gasteiger partial charge is 0.304 e. The van der Waals surface area contributed by atoms with Crippen LogP contribution in [0.4, 0.5) is 5.82 Å². The number of carbonyl (C=O) groups excluding carboxylic acids is 1. The normalized spacial score (nSPS) is 18.5. The minimum atomic E-state index is -0.962. The zero-order valence-electron chi connectivity index (χ0n) is 15.9. The lowest BCUT2D eigenvalue weighted by atomic mass is 9.93. The van der Waals surface area contributed by atoms with Crippen molar-refractivity contribution in [3.8, 4) is 5.75 Å². The summed E-state index contributed by atoms with van der Waals surface area (Å²) >= 11 is 0. The van der Waals surface area contributed by atoms with Gasteiger partial charge in [0.15, 0.2) is 0 Å². The van der Waals surface area contributed by atoms with Crippen molar-refractivity contribution < 1.29 is 19.4 Å². The molecule has 2 atom stereocenters. The number of hydrogen-bond donors (Lipinski definition) is 3. The summed E-state index contributed by atoms with van der Waals surface area (Å²) in [4.78, 5) is 27.5. The first kappa shape index (κ1) is 19.7. The van der Waals surface area contributed by atoms with Gasteiger partial charge >= 0.3 is 5.97 Å². The standard InChI is InChI=1S/C21H25N3O4/c1-14-18-13-17(28-10-4-9-23-19-5-2-3-8-22-19)7-6-15(18)11-16(12-20(25)26)21(27)24-14/h2-3,5-8,13-14,16H,4,9-12H2,1H3,(H,22,23)(H,24,27)(H,25,26). The number of aromatic nitrogens is 1. The first-order valence-corrected chi connectivity index (χ1v) is 9.45. The average molecular weight is 383 g/mol. The van der Waals surface area contributed by atoms with Crippen LogP contribution in [0.1, 0.15) is 36.9 Å². The predicted molar refractivity (Wildman–Crippen MR) is 105 cm³/mol. The molecule has 3 rings (SSSR count). The number of ether oxygens (including phenoxy) is 1. The van der Waals surface area contributed by atoms with E-state index >= 15 is 0 Å². The Labute approximate surface area is 164 Å². The maximum absolute atomic E-state index is 12.3. The largest absolute Gasteiger partial charge is 0.494 e. The molecule has 1 aliphatic heterocycles. The van der Waals surface area contributed by atoms with Crippen molar-refractivity contribution in [3.63, 3.8) is 0 Å². The van der Waals surface area contributed by atoms with Gasteiger partial charge in [-0.15, -0.1) is 0 Å². The van der Waals surface area contributed by atoms with E-state index in [0.29, 0.717) is 13.0 Å². The Morgan fingerprint density at radius 2 is 2.21 bits per heavy atom. The van der Waals surface area contributed by atoms with E-state index in [9.17, 15) is 9.59 Å². The minimum Gasteiger partial charge on any atom is -0.494 e. The molecule has 0 bridgehead atoms. The Bertz CT molecular complexity index is 826. The number of carbonyl (C=O) groups is 2. The van der Waals surface area contributed by atoms with E-state index in [1.807, 2.05) is 43.3 Å². The maximum atomic E-state index is 12.3. The first-order valence-electron chi connectivity index (χ1n) is 9.45. The van der Waals surface area contributed by atoms with E-state index in [1.165, 1.54) is 0 Å². The van der Waals surface area contributed by atoms with Gasteiger partial charge in [-0.2, -0.15) is 0 Å². The summed E-state index contributed by atoms with van der Waals surface area (Å²) in [7, 11) is 0. The van der Waals surface area contributed by atoms with Crippen molar-refractivity contribution >= 4 is 17.7 Å². The minimum absolute atomic E-state index is 0.167. The highest BCUT2D eigenvalue weighted by atomic mass is 16.5. The Morgan fingerprint density at radius 3 is 2.96 bits per heavy atom. The summed E-state index contributed by atoms with van der Waals surface area (Å²) in [6, 6.07) is 11.3. The summed E-state index contributed by atoms with van der Waals surface area (Å²) in [5.41, 5.74) is 1.96. The van der Waals surface area contributed by atoms with Gasteiger partial charge in [-0.1, -0.05) is 12.1 Å². The van der Waals surface area contributed by atoms with Crippen molar-refractivity contribution in [2.45, 2.75) is 32.2 Å². The van der Waals surface area contributed by atoms with Gasteiger partial charge in [-0.05, 0) is 55.2 Å². The molecule has 28 heavy (non-hydrogen) atoms. The van der Waals surface area contributed by atoms with Gasteiger partial charge in [0, 0.05) is 12.7 Å². The van der Waals surface area contributed by atoms with Gasteiger partial charge in [0.1, 0.15) is 11.6 Å². The van der Waals surface area contributed by atoms with E-state index in [-0.39, 0.29) is 18.4 Å². The molecule has 0 spiro atoms. The van der Waals surface area contributed by atoms with Crippen molar-refractivity contribution in [2.24, 2.45) is 5.92 Å². The molecule has 0 fully saturated rings. The van der Waals surface area contributed by atoms with Gasteiger partial charge < -0.3 is 20.5 Å². The number of nitrogens with one attached hydrogen (secondary N) is 2. The molecule has 7 nitrogen and oxygen atoms in total. The Morgan fingerprint density at radius 1 is 1.36 bits per heavy atom. The lowest BCUT2D eigenvalue weighted by molar-refractivity contribution is -0.141. The van der Waals surface area contributed by atoms with Crippen LogP contribution in [0, 0.1) is 5.92 Å². The molecule has 3 N–H and O–H groups in total. The van der Waals surface area contributed by atoms with Crippen LogP contribution in [-0.4, -0.2) is 35.1 Å². The summed E-state index contributed by atoms with van der Waals surface area (Å²) in [6.45, 7) is 3.22. The third kappa shape index (κ3) is 5.22. The second-order valence-electron chi connectivity index (χ2n) is 6.93.